The van der Waals surface area contributed by atoms with Crippen LogP contribution in [0.4, 0.5) is 0 Å². The molecule has 7 nitrogen and oxygen atoms in total. The standard InChI is InChI=1S/C28H30N2O5/c1-2-33-26-21-22(13-15-25(26)35-20-19-34-24-11-7-4-8-12-24)14-16-27(31)29-17-18-30-28(32)23-9-5-3-6-10-23/h3-16,21H,2,17-20H2,1H3,(H,29,31)(H,30,32). The Morgan fingerprint density at radius 2 is 1.46 bits per heavy atom. The van der Waals surface area contributed by atoms with Gasteiger partial charge in [0.1, 0.15) is 19.0 Å². The lowest BCUT2D eigenvalue weighted by Gasteiger charge is -2.13. The van der Waals surface area contributed by atoms with Gasteiger partial charge in [-0.25, -0.2) is 0 Å². The summed E-state index contributed by atoms with van der Waals surface area (Å²) in [6.07, 6.45) is 3.14. The molecule has 3 aromatic carbocycles. The summed E-state index contributed by atoms with van der Waals surface area (Å²) < 4.78 is 17.2. The fraction of sp³-hybridized carbons (Fsp3) is 0.214. The van der Waals surface area contributed by atoms with E-state index in [4.69, 9.17) is 14.2 Å². The predicted molar refractivity (Wildman–Crippen MR) is 136 cm³/mol. The lowest BCUT2D eigenvalue weighted by atomic mass is 10.2. The van der Waals surface area contributed by atoms with Crippen LogP contribution in [-0.4, -0.2) is 44.7 Å². The smallest absolute Gasteiger partial charge is 0.251 e. The van der Waals surface area contributed by atoms with Crippen molar-refractivity contribution in [2.45, 2.75) is 6.92 Å². The second kappa shape index (κ2) is 14.1. The number of hydrogen-bond donors (Lipinski definition) is 2. The van der Waals surface area contributed by atoms with Gasteiger partial charge in [0.15, 0.2) is 11.5 Å². The molecule has 0 spiro atoms. The summed E-state index contributed by atoms with van der Waals surface area (Å²) in [5.74, 6) is 1.57. The third-order valence-corrected chi connectivity index (χ3v) is 4.79. The first-order chi connectivity index (χ1) is 17.2. The van der Waals surface area contributed by atoms with E-state index in [1.807, 2.05) is 61.5 Å². The molecular formula is C28H30N2O5. The van der Waals surface area contributed by atoms with Gasteiger partial charge in [-0.2, -0.15) is 0 Å². The molecule has 0 atom stereocenters. The minimum Gasteiger partial charge on any atom is -0.490 e. The molecule has 2 amide bonds. The lowest BCUT2D eigenvalue weighted by Crippen LogP contribution is -2.33. The van der Waals surface area contributed by atoms with Gasteiger partial charge in [-0.1, -0.05) is 42.5 Å². The topological polar surface area (TPSA) is 85.9 Å². The van der Waals surface area contributed by atoms with Crippen molar-refractivity contribution < 1.29 is 23.8 Å². The zero-order valence-electron chi connectivity index (χ0n) is 19.7. The number of rotatable bonds is 13. The van der Waals surface area contributed by atoms with Crippen LogP contribution in [-0.2, 0) is 4.79 Å². The molecular weight excluding hydrogens is 444 g/mol. The molecule has 0 radical (unpaired) electrons. The molecule has 0 unspecified atom stereocenters. The highest BCUT2D eigenvalue weighted by Crippen LogP contribution is 2.29. The molecule has 0 aliphatic heterocycles. The van der Waals surface area contributed by atoms with Crippen LogP contribution in [0, 0.1) is 0 Å². The maximum Gasteiger partial charge on any atom is 0.251 e. The quantitative estimate of drug-likeness (QED) is 0.288. The highest BCUT2D eigenvalue weighted by Gasteiger charge is 2.07. The molecule has 0 saturated heterocycles. The Morgan fingerprint density at radius 3 is 2.20 bits per heavy atom. The molecule has 35 heavy (non-hydrogen) atoms. The van der Waals surface area contributed by atoms with Crippen LogP contribution in [0.3, 0.4) is 0 Å². The van der Waals surface area contributed by atoms with Gasteiger partial charge in [-0.05, 0) is 55.0 Å². The molecule has 7 heteroatoms. The van der Waals surface area contributed by atoms with Crippen LogP contribution < -0.4 is 24.8 Å². The van der Waals surface area contributed by atoms with E-state index in [0.717, 1.165) is 11.3 Å². The van der Waals surface area contributed by atoms with E-state index in [1.165, 1.54) is 6.08 Å². The van der Waals surface area contributed by atoms with Gasteiger partial charge in [0.25, 0.3) is 5.91 Å². The molecule has 0 aliphatic rings. The van der Waals surface area contributed by atoms with Gasteiger partial charge in [0, 0.05) is 24.7 Å². The molecule has 0 bridgehead atoms. The minimum atomic E-state index is -0.254. The first-order valence-corrected chi connectivity index (χ1v) is 11.5. The number of para-hydroxylation sites is 1. The maximum atomic E-state index is 12.1. The summed E-state index contributed by atoms with van der Waals surface area (Å²) in [5, 5.41) is 5.52. The summed E-state index contributed by atoms with van der Waals surface area (Å²) >= 11 is 0. The van der Waals surface area contributed by atoms with Crippen molar-refractivity contribution in [2.24, 2.45) is 0 Å². The fourth-order valence-corrected chi connectivity index (χ4v) is 3.13. The van der Waals surface area contributed by atoms with Crippen molar-refractivity contribution in [3.63, 3.8) is 0 Å². The average Bonchev–Trinajstić information content (AvgIpc) is 2.90. The Hall–Kier alpha value is -4.26. The molecule has 182 valence electrons. The fourth-order valence-electron chi connectivity index (χ4n) is 3.13. The molecule has 0 heterocycles. The van der Waals surface area contributed by atoms with E-state index in [9.17, 15) is 9.59 Å². The molecule has 3 aromatic rings. The van der Waals surface area contributed by atoms with Gasteiger partial charge >= 0.3 is 0 Å². The number of hydrogen-bond acceptors (Lipinski definition) is 5. The highest BCUT2D eigenvalue weighted by atomic mass is 16.5. The largest absolute Gasteiger partial charge is 0.490 e. The van der Waals surface area contributed by atoms with Gasteiger partial charge in [0.05, 0.1) is 6.61 Å². The monoisotopic (exact) mass is 474 g/mol. The van der Waals surface area contributed by atoms with Gasteiger partial charge < -0.3 is 24.8 Å². The zero-order chi connectivity index (χ0) is 24.7. The van der Waals surface area contributed by atoms with E-state index in [0.29, 0.717) is 50.0 Å². The van der Waals surface area contributed by atoms with Crippen molar-refractivity contribution in [3.8, 4) is 17.2 Å². The van der Waals surface area contributed by atoms with Crippen LogP contribution in [0.5, 0.6) is 17.2 Å². The third kappa shape index (κ3) is 8.89. The first kappa shape index (κ1) is 25.4. The number of benzene rings is 3. The van der Waals surface area contributed by atoms with E-state index >= 15 is 0 Å². The van der Waals surface area contributed by atoms with Crippen molar-refractivity contribution in [2.75, 3.05) is 32.9 Å². The van der Waals surface area contributed by atoms with Gasteiger partial charge in [-0.3, -0.25) is 9.59 Å². The minimum absolute atomic E-state index is 0.173. The van der Waals surface area contributed by atoms with Crippen LogP contribution in [0.15, 0.2) is 84.9 Å². The molecule has 3 rings (SSSR count). The summed E-state index contributed by atoms with van der Waals surface area (Å²) in [4.78, 5) is 24.1. The van der Waals surface area contributed by atoms with E-state index in [-0.39, 0.29) is 11.8 Å². The molecule has 0 aliphatic carbocycles. The summed E-state index contributed by atoms with van der Waals surface area (Å²) in [6.45, 7) is 3.82. The van der Waals surface area contributed by atoms with Crippen molar-refractivity contribution in [1.29, 1.82) is 0 Å². The molecule has 0 aromatic heterocycles. The highest BCUT2D eigenvalue weighted by molar-refractivity contribution is 5.94. The average molecular weight is 475 g/mol. The molecule has 0 saturated carbocycles. The molecule has 0 fully saturated rings. The molecule has 2 N–H and O–H groups in total. The van der Waals surface area contributed by atoms with E-state index < -0.39 is 0 Å². The number of ether oxygens (including phenoxy) is 3. The Labute approximate surface area is 205 Å². The SMILES string of the molecule is CCOc1cc(C=CC(=O)NCCNC(=O)c2ccccc2)ccc1OCCOc1ccccc1. The maximum absolute atomic E-state index is 12.1. The number of amides is 2. The van der Waals surface area contributed by atoms with Crippen LogP contribution in [0.2, 0.25) is 0 Å². The van der Waals surface area contributed by atoms with Crippen molar-refractivity contribution in [3.05, 3.63) is 96.1 Å². The normalized spacial score (nSPS) is 10.5. The van der Waals surface area contributed by atoms with Crippen LogP contribution in [0.25, 0.3) is 6.08 Å². The summed E-state index contributed by atoms with van der Waals surface area (Å²) in [7, 11) is 0. The lowest BCUT2D eigenvalue weighted by molar-refractivity contribution is -0.116. The van der Waals surface area contributed by atoms with E-state index in [1.54, 1.807) is 30.3 Å². The third-order valence-electron chi connectivity index (χ3n) is 4.79. The predicted octanol–water partition coefficient (Wildman–Crippen LogP) is 4.10. The van der Waals surface area contributed by atoms with Crippen molar-refractivity contribution in [1.82, 2.24) is 10.6 Å². The Kier molecular flexibility index (Phi) is 10.2. The van der Waals surface area contributed by atoms with Crippen LogP contribution in [0.1, 0.15) is 22.8 Å². The second-order valence-corrected chi connectivity index (χ2v) is 7.40. The van der Waals surface area contributed by atoms with Gasteiger partial charge in [-0.15, -0.1) is 0 Å². The van der Waals surface area contributed by atoms with Gasteiger partial charge in [0.2, 0.25) is 5.91 Å². The Morgan fingerprint density at radius 1 is 0.771 bits per heavy atom. The summed E-state index contributed by atoms with van der Waals surface area (Å²) in [5.41, 5.74) is 1.38. The zero-order valence-corrected chi connectivity index (χ0v) is 19.7. The Bertz CT molecular complexity index is 1100. The number of nitrogens with one attached hydrogen (secondary N) is 2. The van der Waals surface area contributed by atoms with E-state index in [2.05, 4.69) is 10.6 Å². The van der Waals surface area contributed by atoms with Crippen LogP contribution >= 0.6 is 0 Å². The number of carbonyl (C=O) groups excluding carboxylic acids is 2. The first-order valence-electron chi connectivity index (χ1n) is 11.5. The second-order valence-electron chi connectivity index (χ2n) is 7.40. The number of carbonyl (C=O) groups is 2. The Balaban J connectivity index is 1.43. The van der Waals surface area contributed by atoms with Crippen molar-refractivity contribution >= 4 is 17.9 Å². The summed E-state index contributed by atoms with van der Waals surface area (Å²) in [6, 6.07) is 24.0.